The zero-order chi connectivity index (χ0) is 15.5. The summed E-state index contributed by atoms with van der Waals surface area (Å²) in [6, 6.07) is 1.66. The van der Waals surface area contributed by atoms with Crippen molar-refractivity contribution in [3.63, 3.8) is 0 Å². The Kier molecular flexibility index (Phi) is 4.83. The number of carbonyl (C=O) groups excluding carboxylic acids is 1. The molecule has 0 spiro atoms. The van der Waals surface area contributed by atoms with Gasteiger partial charge in [-0.1, -0.05) is 16.8 Å². The van der Waals surface area contributed by atoms with E-state index in [1.807, 2.05) is 13.8 Å². The molecule has 5 heteroatoms. The lowest BCUT2D eigenvalue weighted by Crippen LogP contribution is -2.47. The van der Waals surface area contributed by atoms with Crippen LogP contribution in [0.15, 0.2) is 22.2 Å². The molecule has 1 N–H and O–H groups in total. The molecule has 1 aliphatic rings. The van der Waals surface area contributed by atoms with Gasteiger partial charge in [0.25, 0.3) is 5.91 Å². The monoisotopic (exact) mass is 292 g/mol. The molecular weight excluding hydrogens is 268 g/mol. The van der Waals surface area contributed by atoms with Crippen LogP contribution in [0.3, 0.4) is 0 Å². The summed E-state index contributed by atoms with van der Waals surface area (Å²) in [5.41, 5.74) is 1.70. The molecular formula is C16H24N2O3. The van der Waals surface area contributed by atoms with Crippen molar-refractivity contribution in [1.82, 2.24) is 10.1 Å². The van der Waals surface area contributed by atoms with E-state index in [-0.39, 0.29) is 23.7 Å². The van der Waals surface area contributed by atoms with Gasteiger partial charge in [-0.05, 0) is 40.0 Å². The van der Waals surface area contributed by atoms with Crippen LogP contribution in [0, 0.1) is 12.3 Å². The van der Waals surface area contributed by atoms with E-state index >= 15 is 0 Å². The number of hydrogen-bond acceptors (Lipinski definition) is 4. The largest absolute Gasteiger partial charge is 0.396 e. The van der Waals surface area contributed by atoms with E-state index in [1.54, 1.807) is 17.9 Å². The van der Waals surface area contributed by atoms with Crippen LogP contribution in [0.4, 0.5) is 0 Å². The summed E-state index contributed by atoms with van der Waals surface area (Å²) in [6.45, 7) is 7.25. The fourth-order valence-electron chi connectivity index (χ4n) is 2.78. The third-order valence-corrected chi connectivity index (χ3v) is 4.07. The minimum Gasteiger partial charge on any atom is -0.396 e. The number of aryl methyl sites for hydroxylation is 1. The Morgan fingerprint density at radius 1 is 1.57 bits per heavy atom. The maximum absolute atomic E-state index is 12.5. The Bertz CT molecular complexity index is 531. The number of aromatic nitrogens is 1. The number of amides is 1. The van der Waals surface area contributed by atoms with Gasteiger partial charge >= 0.3 is 0 Å². The highest BCUT2D eigenvalue weighted by molar-refractivity contribution is 5.91. The topological polar surface area (TPSA) is 66.6 Å². The average molecular weight is 292 g/mol. The maximum atomic E-state index is 12.5. The predicted octanol–water partition coefficient (Wildman–Crippen LogP) is 2.55. The van der Waals surface area contributed by atoms with Gasteiger partial charge in [-0.2, -0.15) is 0 Å². The molecule has 2 heterocycles. The second kappa shape index (κ2) is 6.43. The van der Waals surface area contributed by atoms with E-state index in [0.29, 0.717) is 18.8 Å². The summed E-state index contributed by atoms with van der Waals surface area (Å²) in [5.74, 6) is 0.147. The first-order valence-corrected chi connectivity index (χ1v) is 7.43. The molecule has 21 heavy (non-hydrogen) atoms. The number of piperidine rings is 1. The molecule has 1 fully saturated rings. The Morgan fingerprint density at radius 3 is 2.90 bits per heavy atom. The van der Waals surface area contributed by atoms with Crippen molar-refractivity contribution in [2.24, 2.45) is 5.41 Å². The number of aliphatic hydroxyl groups is 1. The molecule has 1 amide bonds. The molecule has 1 aromatic heterocycles. The second-order valence-corrected chi connectivity index (χ2v) is 6.31. The number of rotatable bonds is 4. The van der Waals surface area contributed by atoms with E-state index in [2.05, 4.69) is 11.2 Å². The smallest absolute Gasteiger partial charge is 0.292 e. The van der Waals surface area contributed by atoms with E-state index in [0.717, 1.165) is 19.3 Å². The minimum atomic E-state index is -0.236. The number of likely N-dealkylation sites (tertiary alicyclic amines) is 1. The van der Waals surface area contributed by atoms with Gasteiger partial charge in [0.1, 0.15) is 0 Å². The highest BCUT2D eigenvalue weighted by Gasteiger charge is 2.36. The molecule has 1 aromatic rings. The number of hydrogen-bond donors (Lipinski definition) is 1. The zero-order valence-corrected chi connectivity index (χ0v) is 13.1. The van der Waals surface area contributed by atoms with E-state index in [4.69, 9.17) is 4.52 Å². The van der Waals surface area contributed by atoms with Crippen molar-refractivity contribution in [2.45, 2.75) is 40.0 Å². The molecule has 0 radical (unpaired) electrons. The Labute approximate surface area is 125 Å². The summed E-state index contributed by atoms with van der Waals surface area (Å²) < 4.78 is 5.06. The molecule has 0 saturated carbocycles. The number of carbonyl (C=O) groups is 1. The van der Waals surface area contributed by atoms with Gasteiger partial charge < -0.3 is 14.5 Å². The summed E-state index contributed by atoms with van der Waals surface area (Å²) in [4.78, 5) is 14.2. The molecule has 5 nitrogen and oxygen atoms in total. The van der Waals surface area contributed by atoms with Gasteiger partial charge in [0.05, 0.1) is 12.3 Å². The first-order valence-electron chi connectivity index (χ1n) is 7.43. The van der Waals surface area contributed by atoms with Crippen molar-refractivity contribution in [3.8, 4) is 0 Å². The first-order chi connectivity index (χ1) is 9.96. The average Bonchev–Trinajstić information content (AvgIpc) is 2.91. The number of nitrogens with zero attached hydrogens (tertiary/aromatic N) is 2. The SMILES string of the molecule is CC(C)=CCC1(CO)CCCN(C(=O)c2cc(C)no2)C1. The normalized spacial score (nSPS) is 22.2. The zero-order valence-electron chi connectivity index (χ0n) is 13.1. The van der Waals surface area contributed by atoms with Gasteiger partial charge in [0.2, 0.25) is 5.76 Å². The van der Waals surface area contributed by atoms with Crippen LogP contribution >= 0.6 is 0 Å². The quantitative estimate of drug-likeness (QED) is 0.866. The standard InChI is InChI=1S/C16H24N2O3/c1-12(2)5-7-16(11-19)6-4-8-18(10-16)15(20)14-9-13(3)17-21-14/h5,9,19H,4,6-8,10-11H2,1-3H3. The van der Waals surface area contributed by atoms with Crippen molar-refractivity contribution in [1.29, 1.82) is 0 Å². The Balaban J connectivity index is 2.11. The summed E-state index contributed by atoms with van der Waals surface area (Å²) in [5, 5.41) is 13.6. The van der Waals surface area contributed by atoms with Crippen LogP contribution < -0.4 is 0 Å². The highest BCUT2D eigenvalue weighted by Crippen LogP contribution is 2.34. The van der Waals surface area contributed by atoms with Crippen LogP contribution in [-0.4, -0.2) is 40.8 Å². The van der Waals surface area contributed by atoms with Crippen LogP contribution in [0.25, 0.3) is 0 Å². The third kappa shape index (κ3) is 3.73. The van der Waals surface area contributed by atoms with Crippen molar-refractivity contribution in [3.05, 3.63) is 29.2 Å². The molecule has 116 valence electrons. The fraction of sp³-hybridized carbons (Fsp3) is 0.625. The Morgan fingerprint density at radius 2 is 2.33 bits per heavy atom. The molecule has 1 unspecified atom stereocenters. The fourth-order valence-corrected chi connectivity index (χ4v) is 2.78. The minimum absolute atomic E-state index is 0.0932. The van der Waals surface area contributed by atoms with Crippen molar-refractivity contribution in [2.75, 3.05) is 19.7 Å². The lowest BCUT2D eigenvalue weighted by molar-refractivity contribution is 0.0259. The molecule has 0 aliphatic carbocycles. The van der Waals surface area contributed by atoms with E-state index < -0.39 is 0 Å². The summed E-state index contributed by atoms with van der Waals surface area (Å²) in [7, 11) is 0. The second-order valence-electron chi connectivity index (χ2n) is 6.31. The van der Waals surface area contributed by atoms with E-state index in [9.17, 15) is 9.90 Å². The number of aliphatic hydroxyl groups excluding tert-OH is 1. The lowest BCUT2D eigenvalue weighted by Gasteiger charge is -2.41. The molecule has 1 atom stereocenters. The van der Waals surface area contributed by atoms with Crippen molar-refractivity contribution < 1.29 is 14.4 Å². The molecule has 0 aromatic carbocycles. The maximum Gasteiger partial charge on any atom is 0.292 e. The van der Waals surface area contributed by atoms with Crippen LogP contribution in [-0.2, 0) is 0 Å². The summed E-state index contributed by atoms with van der Waals surface area (Å²) >= 11 is 0. The predicted molar refractivity (Wildman–Crippen MR) is 79.9 cm³/mol. The van der Waals surface area contributed by atoms with Gasteiger partial charge in [0, 0.05) is 24.6 Å². The van der Waals surface area contributed by atoms with Crippen LogP contribution in [0.1, 0.15) is 49.4 Å². The van der Waals surface area contributed by atoms with Crippen LogP contribution in [0.2, 0.25) is 0 Å². The summed E-state index contributed by atoms with van der Waals surface area (Å²) in [6.07, 6.45) is 4.77. The Hall–Kier alpha value is -1.62. The van der Waals surface area contributed by atoms with Gasteiger partial charge in [0.15, 0.2) is 0 Å². The third-order valence-electron chi connectivity index (χ3n) is 4.07. The molecule has 2 rings (SSSR count). The van der Waals surface area contributed by atoms with Gasteiger partial charge in [-0.15, -0.1) is 0 Å². The van der Waals surface area contributed by atoms with Gasteiger partial charge in [-0.25, -0.2) is 0 Å². The number of allylic oxidation sites excluding steroid dienone is 2. The van der Waals surface area contributed by atoms with Crippen LogP contribution in [0.5, 0.6) is 0 Å². The lowest BCUT2D eigenvalue weighted by atomic mass is 9.77. The highest BCUT2D eigenvalue weighted by atomic mass is 16.5. The molecule has 1 aliphatic heterocycles. The van der Waals surface area contributed by atoms with E-state index in [1.165, 1.54) is 5.57 Å². The first kappa shape index (κ1) is 15.8. The molecule has 0 bridgehead atoms. The molecule has 1 saturated heterocycles. The van der Waals surface area contributed by atoms with Crippen molar-refractivity contribution >= 4 is 5.91 Å². The van der Waals surface area contributed by atoms with Gasteiger partial charge in [-0.3, -0.25) is 4.79 Å².